The van der Waals surface area contributed by atoms with Crippen LogP contribution in [0.25, 0.3) is 0 Å². The molecule has 0 atom stereocenters. The lowest BCUT2D eigenvalue weighted by atomic mass is 9.92. The highest BCUT2D eigenvalue weighted by Gasteiger charge is 2.20. The van der Waals surface area contributed by atoms with Crippen LogP contribution in [0.5, 0.6) is 5.75 Å². The number of aromatic nitrogens is 2. The number of oxime groups is 1. The lowest BCUT2D eigenvalue weighted by Crippen LogP contribution is -2.34. The molecule has 0 bridgehead atoms. The minimum Gasteiger partial charge on any atom is -0.494 e. The van der Waals surface area contributed by atoms with Crippen LogP contribution in [0.4, 0.5) is 5.82 Å². The Hall–Kier alpha value is -2.63. The molecule has 0 unspecified atom stereocenters. The average Bonchev–Trinajstić information content (AvgIpc) is 2.71. The summed E-state index contributed by atoms with van der Waals surface area (Å²) in [5.41, 5.74) is 1.94. The molecule has 1 aliphatic heterocycles. The van der Waals surface area contributed by atoms with Crippen molar-refractivity contribution in [2.24, 2.45) is 11.1 Å². The van der Waals surface area contributed by atoms with Crippen molar-refractivity contribution in [3.63, 3.8) is 0 Å². The summed E-state index contributed by atoms with van der Waals surface area (Å²) in [5.74, 6) is 2.64. The van der Waals surface area contributed by atoms with Crippen molar-refractivity contribution in [2.75, 3.05) is 31.7 Å². The Bertz CT molecular complexity index is 725. The molecule has 0 amide bonds. The number of piperidine rings is 1. The van der Waals surface area contributed by atoms with Gasteiger partial charge in [-0.1, -0.05) is 17.3 Å². The fourth-order valence-corrected chi connectivity index (χ4v) is 3.37. The SMILES string of the molecule is CON=Cc1cccc(OCCCC2CCN(c3ccc(C)nn3)CC2)c1. The molecule has 6 heteroatoms. The minimum atomic E-state index is 0.745. The summed E-state index contributed by atoms with van der Waals surface area (Å²) in [5, 5.41) is 12.2. The van der Waals surface area contributed by atoms with E-state index in [1.165, 1.54) is 26.4 Å². The monoisotopic (exact) mass is 368 g/mol. The van der Waals surface area contributed by atoms with Crippen LogP contribution in [0, 0.1) is 12.8 Å². The fraction of sp³-hybridized carbons (Fsp3) is 0.476. The summed E-state index contributed by atoms with van der Waals surface area (Å²) in [6.07, 6.45) is 6.37. The van der Waals surface area contributed by atoms with Crippen molar-refractivity contribution in [3.05, 3.63) is 47.7 Å². The number of anilines is 1. The molecule has 1 aromatic carbocycles. The Morgan fingerprint density at radius 2 is 2.04 bits per heavy atom. The van der Waals surface area contributed by atoms with Gasteiger partial charge < -0.3 is 14.5 Å². The second-order valence-electron chi connectivity index (χ2n) is 6.94. The fourth-order valence-electron chi connectivity index (χ4n) is 3.37. The molecule has 0 spiro atoms. The molecule has 2 heterocycles. The molecule has 3 rings (SSSR count). The first kappa shape index (κ1) is 19.1. The molecule has 1 aliphatic rings. The second kappa shape index (κ2) is 9.90. The van der Waals surface area contributed by atoms with E-state index in [2.05, 4.69) is 26.3 Å². The highest BCUT2D eigenvalue weighted by atomic mass is 16.6. The molecule has 27 heavy (non-hydrogen) atoms. The summed E-state index contributed by atoms with van der Waals surface area (Å²) < 4.78 is 5.89. The number of nitrogens with zero attached hydrogens (tertiary/aromatic N) is 4. The number of rotatable bonds is 8. The van der Waals surface area contributed by atoms with Gasteiger partial charge in [0, 0.05) is 13.1 Å². The van der Waals surface area contributed by atoms with E-state index in [1.54, 1.807) is 6.21 Å². The topological polar surface area (TPSA) is 59.8 Å². The van der Waals surface area contributed by atoms with Gasteiger partial charge in [-0.3, -0.25) is 0 Å². The molecule has 0 saturated carbocycles. The molecule has 6 nitrogen and oxygen atoms in total. The van der Waals surface area contributed by atoms with Crippen molar-refractivity contribution < 1.29 is 9.57 Å². The van der Waals surface area contributed by atoms with Crippen molar-refractivity contribution >= 4 is 12.0 Å². The van der Waals surface area contributed by atoms with Crippen molar-refractivity contribution in [3.8, 4) is 5.75 Å². The molecule has 2 aromatic rings. The maximum Gasteiger partial charge on any atom is 0.151 e. The Morgan fingerprint density at radius 3 is 2.78 bits per heavy atom. The first-order valence-corrected chi connectivity index (χ1v) is 9.59. The third-order valence-electron chi connectivity index (χ3n) is 4.91. The third-order valence-corrected chi connectivity index (χ3v) is 4.91. The van der Waals surface area contributed by atoms with E-state index in [9.17, 15) is 0 Å². The predicted molar refractivity (Wildman–Crippen MR) is 107 cm³/mol. The Morgan fingerprint density at radius 1 is 1.19 bits per heavy atom. The summed E-state index contributed by atoms with van der Waals surface area (Å²) >= 11 is 0. The largest absolute Gasteiger partial charge is 0.494 e. The minimum absolute atomic E-state index is 0.745. The van der Waals surface area contributed by atoms with E-state index in [4.69, 9.17) is 9.57 Å². The second-order valence-corrected chi connectivity index (χ2v) is 6.94. The van der Waals surface area contributed by atoms with Gasteiger partial charge in [-0.15, -0.1) is 5.10 Å². The maximum absolute atomic E-state index is 5.89. The van der Waals surface area contributed by atoms with Crippen LogP contribution < -0.4 is 9.64 Å². The summed E-state index contributed by atoms with van der Waals surface area (Å²) in [6.45, 7) is 4.83. The molecular formula is C21H28N4O2. The standard InChI is InChI=1S/C21H28N4O2/c1-17-8-9-21(24-23-17)25-12-10-18(11-13-25)6-4-14-27-20-7-3-5-19(15-20)16-22-26-2/h3,5,7-9,15-16,18H,4,6,10-14H2,1-2H3. The normalized spacial score (nSPS) is 15.3. The smallest absolute Gasteiger partial charge is 0.151 e. The van der Waals surface area contributed by atoms with Crippen molar-refractivity contribution in [1.29, 1.82) is 0 Å². The Labute approximate surface area is 161 Å². The molecule has 1 saturated heterocycles. The summed E-state index contributed by atoms with van der Waals surface area (Å²) in [6, 6.07) is 12.0. The van der Waals surface area contributed by atoms with Gasteiger partial charge in [0.1, 0.15) is 12.9 Å². The van der Waals surface area contributed by atoms with Gasteiger partial charge >= 0.3 is 0 Å². The van der Waals surface area contributed by atoms with Gasteiger partial charge in [0.15, 0.2) is 5.82 Å². The predicted octanol–water partition coefficient (Wildman–Crippen LogP) is 3.84. The quantitative estimate of drug-likeness (QED) is 0.402. The molecule has 0 radical (unpaired) electrons. The van der Waals surface area contributed by atoms with Crippen LogP contribution >= 0.6 is 0 Å². The first-order chi connectivity index (χ1) is 13.2. The zero-order valence-corrected chi connectivity index (χ0v) is 16.2. The van der Waals surface area contributed by atoms with Gasteiger partial charge in [-0.2, -0.15) is 5.10 Å². The Kier molecular flexibility index (Phi) is 7.02. The highest BCUT2D eigenvalue weighted by Crippen LogP contribution is 2.25. The molecule has 1 fully saturated rings. The number of hydrogen-bond acceptors (Lipinski definition) is 6. The number of hydrogen-bond donors (Lipinski definition) is 0. The zero-order chi connectivity index (χ0) is 18.9. The molecule has 0 N–H and O–H groups in total. The van der Waals surface area contributed by atoms with E-state index < -0.39 is 0 Å². The van der Waals surface area contributed by atoms with Crippen LogP contribution in [0.3, 0.4) is 0 Å². The molecule has 144 valence electrons. The number of benzene rings is 1. The lowest BCUT2D eigenvalue weighted by Gasteiger charge is -2.32. The highest BCUT2D eigenvalue weighted by molar-refractivity contribution is 5.79. The average molecular weight is 368 g/mol. The third kappa shape index (κ3) is 5.94. The maximum atomic E-state index is 5.89. The summed E-state index contributed by atoms with van der Waals surface area (Å²) in [7, 11) is 1.54. The van der Waals surface area contributed by atoms with Gasteiger partial charge in [0.05, 0.1) is 18.5 Å². The number of aryl methyl sites for hydroxylation is 1. The van der Waals surface area contributed by atoms with Crippen LogP contribution in [-0.2, 0) is 4.84 Å². The van der Waals surface area contributed by atoms with Gasteiger partial charge in [0.2, 0.25) is 0 Å². The van der Waals surface area contributed by atoms with Crippen molar-refractivity contribution in [2.45, 2.75) is 32.6 Å². The lowest BCUT2D eigenvalue weighted by molar-refractivity contribution is 0.215. The van der Waals surface area contributed by atoms with Gasteiger partial charge in [0.25, 0.3) is 0 Å². The van der Waals surface area contributed by atoms with E-state index in [-0.39, 0.29) is 0 Å². The number of ether oxygens (including phenoxy) is 1. The first-order valence-electron chi connectivity index (χ1n) is 9.59. The van der Waals surface area contributed by atoms with E-state index in [1.807, 2.05) is 37.3 Å². The van der Waals surface area contributed by atoms with Crippen LogP contribution in [0.1, 0.15) is 36.9 Å². The van der Waals surface area contributed by atoms with E-state index >= 15 is 0 Å². The van der Waals surface area contributed by atoms with Gasteiger partial charge in [-0.25, -0.2) is 0 Å². The van der Waals surface area contributed by atoms with Crippen molar-refractivity contribution in [1.82, 2.24) is 10.2 Å². The van der Waals surface area contributed by atoms with Gasteiger partial charge in [-0.05, 0) is 68.4 Å². The van der Waals surface area contributed by atoms with E-state index in [0.29, 0.717) is 0 Å². The Balaban J connectivity index is 1.36. The molecule has 1 aromatic heterocycles. The van der Waals surface area contributed by atoms with Crippen LogP contribution in [0.2, 0.25) is 0 Å². The molecular weight excluding hydrogens is 340 g/mol. The van der Waals surface area contributed by atoms with Crippen LogP contribution in [0.15, 0.2) is 41.6 Å². The van der Waals surface area contributed by atoms with Crippen LogP contribution in [-0.4, -0.2) is 43.2 Å². The molecule has 0 aliphatic carbocycles. The van der Waals surface area contributed by atoms with E-state index in [0.717, 1.165) is 54.9 Å². The summed E-state index contributed by atoms with van der Waals surface area (Å²) in [4.78, 5) is 7.05. The zero-order valence-electron chi connectivity index (χ0n) is 16.2.